The lowest BCUT2D eigenvalue weighted by Crippen LogP contribution is -2.15. The van der Waals surface area contributed by atoms with E-state index in [1.165, 1.54) is 51.3 Å². The number of methoxy groups -OCH3 is 1. The lowest BCUT2D eigenvalue weighted by atomic mass is 10.1. The summed E-state index contributed by atoms with van der Waals surface area (Å²) in [6.07, 6.45) is 8.58. The second-order valence-corrected chi connectivity index (χ2v) is 6.98. The van der Waals surface area contributed by atoms with Crippen LogP contribution in [0.5, 0.6) is 11.5 Å². The zero-order chi connectivity index (χ0) is 20.8. The van der Waals surface area contributed by atoms with Crippen molar-refractivity contribution >= 4 is 11.9 Å². The number of unbranched alkanes of at least 4 members (excludes halogenated alkanes) is 5. The zero-order valence-electron chi connectivity index (χ0n) is 17.3. The normalized spacial score (nSPS) is 11.7. The summed E-state index contributed by atoms with van der Waals surface area (Å²) in [6.45, 7) is 4.10. The van der Waals surface area contributed by atoms with Crippen molar-refractivity contribution in [3.8, 4) is 11.5 Å². The van der Waals surface area contributed by atoms with Crippen LogP contribution in [0.2, 0.25) is 0 Å². The maximum absolute atomic E-state index is 13.1. The first kappa shape index (κ1) is 23.9. The van der Waals surface area contributed by atoms with Crippen LogP contribution < -0.4 is 9.47 Å². The minimum atomic E-state index is -0.502. The fraction of sp³-hybridized carbons (Fsp3) is 0.636. The maximum Gasteiger partial charge on any atom is 0.311 e. The number of carbonyl (C=O) groups is 2. The molecule has 1 rings (SSSR count). The van der Waals surface area contributed by atoms with Gasteiger partial charge in [0.2, 0.25) is 0 Å². The summed E-state index contributed by atoms with van der Waals surface area (Å²) < 4.78 is 28.7. The van der Waals surface area contributed by atoms with Gasteiger partial charge in [0, 0.05) is 18.9 Å². The van der Waals surface area contributed by atoms with Gasteiger partial charge in [-0.25, -0.2) is 4.39 Å². The number of hydrogen-bond acceptors (Lipinski definition) is 5. The van der Waals surface area contributed by atoms with Crippen LogP contribution in [0, 0.1) is 5.82 Å². The summed E-state index contributed by atoms with van der Waals surface area (Å²) in [6, 6.07) is 3.67. The summed E-state index contributed by atoms with van der Waals surface area (Å²) >= 11 is 0. The molecule has 0 heterocycles. The van der Waals surface area contributed by atoms with E-state index in [4.69, 9.17) is 14.2 Å². The van der Waals surface area contributed by atoms with Gasteiger partial charge in [0.15, 0.2) is 11.5 Å². The number of rotatable bonds is 14. The Labute approximate surface area is 167 Å². The number of hydrogen-bond donors (Lipinski definition) is 0. The first-order chi connectivity index (χ1) is 13.5. The van der Waals surface area contributed by atoms with E-state index >= 15 is 0 Å². The van der Waals surface area contributed by atoms with Gasteiger partial charge < -0.3 is 14.2 Å². The van der Waals surface area contributed by atoms with Crippen molar-refractivity contribution < 1.29 is 28.2 Å². The minimum absolute atomic E-state index is 0.0709. The van der Waals surface area contributed by atoms with E-state index in [0.717, 1.165) is 18.9 Å². The molecular weight excluding hydrogens is 363 g/mol. The lowest BCUT2D eigenvalue weighted by molar-refractivity contribution is -0.148. The predicted octanol–water partition coefficient (Wildman–Crippen LogP) is 5.59. The first-order valence-corrected chi connectivity index (χ1v) is 10.2. The third-order valence-corrected chi connectivity index (χ3v) is 4.41. The van der Waals surface area contributed by atoms with Crippen LogP contribution in [-0.2, 0) is 14.3 Å². The Morgan fingerprint density at radius 1 is 0.964 bits per heavy atom. The molecule has 0 aliphatic rings. The van der Waals surface area contributed by atoms with Crippen molar-refractivity contribution in [3.05, 3.63) is 24.0 Å². The van der Waals surface area contributed by atoms with Gasteiger partial charge >= 0.3 is 11.9 Å². The molecule has 0 aliphatic heterocycles. The third kappa shape index (κ3) is 10.3. The molecular formula is C22H33FO5. The van der Waals surface area contributed by atoms with Gasteiger partial charge in [0.05, 0.1) is 13.2 Å². The Hall–Kier alpha value is -2.11. The van der Waals surface area contributed by atoms with Crippen LogP contribution in [0.15, 0.2) is 18.2 Å². The highest BCUT2D eigenvalue weighted by atomic mass is 19.1. The fourth-order valence-corrected chi connectivity index (χ4v) is 2.83. The highest BCUT2D eigenvalue weighted by molar-refractivity contribution is 5.75. The standard InChI is InChI=1S/C22H33FO5/c1-4-5-6-7-8-9-11-17(2)27-21(24)12-10-13-22(25)28-19-15-14-18(23)16-20(19)26-3/h14-17H,4-13H2,1-3H3. The molecule has 1 atom stereocenters. The minimum Gasteiger partial charge on any atom is -0.493 e. The van der Waals surface area contributed by atoms with Crippen LogP contribution >= 0.6 is 0 Å². The Morgan fingerprint density at radius 2 is 1.64 bits per heavy atom. The van der Waals surface area contributed by atoms with Crippen molar-refractivity contribution in [2.24, 2.45) is 0 Å². The SMILES string of the molecule is CCCCCCCCC(C)OC(=O)CCCC(=O)Oc1ccc(F)cc1OC. The average molecular weight is 396 g/mol. The number of halogens is 1. The highest BCUT2D eigenvalue weighted by Gasteiger charge is 2.13. The summed E-state index contributed by atoms with van der Waals surface area (Å²) in [4.78, 5) is 23.8. The number of ether oxygens (including phenoxy) is 3. The van der Waals surface area contributed by atoms with Crippen LogP contribution in [0.25, 0.3) is 0 Å². The first-order valence-electron chi connectivity index (χ1n) is 10.2. The molecule has 0 spiro atoms. The van der Waals surface area contributed by atoms with Crippen molar-refractivity contribution in [1.82, 2.24) is 0 Å². The molecule has 28 heavy (non-hydrogen) atoms. The predicted molar refractivity (Wildman–Crippen MR) is 106 cm³/mol. The summed E-state index contributed by atoms with van der Waals surface area (Å²) in [5.41, 5.74) is 0. The number of benzene rings is 1. The quantitative estimate of drug-likeness (QED) is 0.233. The van der Waals surface area contributed by atoms with Crippen molar-refractivity contribution in [2.45, 2.75) is 84.2 Å². The lowest BCUT2D eigenvalue weighted by Gasteiger charge is -2.13. The maximum atomic E-state index is 13.1. The fourth-order valence-electron chi connectivity index (χ4n) is 2.83. The van der Waals surface area contributed by atoms with E-state index < -0.39 is 11.8 Å². The summed E-state index contributed by atoms with van der Waals surface area (Å²) in [5, 5.41) is 0. The second kappa shape index (κ2) is 14.0. The van der Waals surface area contributed by atoms with Gasteiger partial charge in [-0.2, -0.15) is 0 Å². The van der Waals surface area contributed by atoms with E-state index in [1.54, 1.807) is 0 Å². The molecule has 0 aromatic heterocycles. The molecule has 0 bridgehead atoms. The summed E-state index contributed by atoms with van der Waals surface area (Å²) in [7, 11) is 1.37. The molecule has 0 saturated carbocycles. The van der Waals surface area contributed by atoms with Gasteiger partial charge in [-0.15, -0.1) is 0 Å². The molecule has 1 aromatic rings. The van der Waals surface area contributed by atoms with Gasteiger partial charge in [0.25, 0.3) is 0 Å². The number of carbonyl (C=O) groups excluding carboxylic acids is 2. The molecule has 0 radical (unpaired) electrons. The largest absolute Gasteiger partial charge is 0.493 e. The molecule has 6 heteroatoms. The van der Waals surface area contributed by atoms with Crippen LogP contribution in [-0.4, -0.2) is 25.2 Å². The zero-order valence-corrected chi connectivity index (χ0v) is 17.3. The Bertz CT molecular complexity index is 603. The smallest absolute Gasteiger partial charge is 0.311 e. The van der Waals surface area contributed by atoms with Crippen LogP contribution in [0.3, 0.4) is 0 Å². The molecule has 0 amide bonds. The monoisotopic (exact) mass is 396 g/mol. The van der Waals surface area contributed by atoms with Crippen LogP contribution in [0.1, 0.15) is 78.1 Å². The molecule has 5 nitrogen and oxygen atoms in total. The van der Waals surface area contributed by atoms with Crippen molar-refractivity contribution in [2.75, 3.05) is 7.11 Å². The van der Waals surface area contributed by atoms with Gasteiger partial charge in [0.1, 0.15) is 5.82 Å². The summed E-state index contributed by atoms with van der Waals surface area (Å²) in [5.74, 6) is -0.974. The van der Waals surface area contributed by atoms with Gasteiger partial charge in [-0.05, 0) is 38.3 Å². The van der Waals surface area contributed by atoms with E-state index in [1.807, 2.05) is 6.92 Å². The van der Waals surface area contributed by atoms with E-state index in [-0.39, 0.29) is 36.4 Å². The molecule has 0 aliphatic carbocycles. The number of esters is 2. The highest BCUT2D eigenvalue weighted by Crippen LogP contribution is 2.27. The Kier molecular flexibility index (Phi) is 11.9. The Balaban J connectivity index is 2.19. The van der Waals surface area contributed by atoms with Gasteiger partial charge in [-0.1, -0.05) is 39.0 Å². The molecule has 158 valence electrons. The average Bonchev–Trinajstić information content (AvgIpc) is 2.65. The second-order valence-electron chi connectivity index (χ2n) is 6.98. The molecule has 0 fully saturated rings. The van der Waals surface area contributed by atoms with E-state index in [0.29, 0.717) is 6.42 Å². The molecule has 0 N–H and O–H groups in total. The van der Waals surface area contributed by atoms with E-state index in [9.17, 15) is 14.0 Å². The molecule has 0 saturated heterocycles. The topological polar surface area (TPSA) is 61.8 Å². The Morgan fingerprint density at radius 3 is 2.36 bits per heavy atom. The van der Waals surface area contributed by atoms with Crippen molar-refractivity contribution in [3.63, 3.8) is 0 Å². The van der Waals surface area contributed by atoms with E-state index in [2.05, 4.69) is 6.92 Å². The van der Waals surface area contributed by atoms with Crippen molar-refractivity contribution in [1.29, 1.82) is 0 Å². The third-order valence-electron chi connectivity index (χ3n) is 4.41. The van der Waals surface area contributed by atoms with Crippen LogP contribution in [0.4, 0.5) is 4.39 Å². The van der Waals surface area contributed by atoms with Gasteiger partial charge in [-0.3, -0.25) is 9.59 Å². The molecule has 1 unspecified atom stereocenters. The molecule has 1 aromatic carbocycles.